The molecule has 1 fully saturated rings. The Bertz CT molecular complexity index is 1400. The molecule has 1 aliphatic rings. The Morgan fingerprint density at radius 2 is 1.76 bits per heavy atom. The molecule has 5 atom stereocenters. The number of nitrogens with zero attached hydrogens (tertiary/aromatic N) is 2. The van der Waals surface area contributed by atoms with Gasteiger partial charge < -0.3 is 26.0 Å². The first-order valence-corrected chi connectivity index (χ1v) is 16.7. The van der Waals surface area contributed by atoms with Gasteiger partial charge in [-0.15, -0.1) is 0 Å². The number of fused-ring (bicyclic) bond motifs is 1. The zero-order valence-electron chi connectivity index (χ0n) is 28.0. The first-order valence-electron chi connectivity index (χ1n) is 16.7. The SMILES string of the molecule is CC[C@H](C)[C@H](NC(=O)C(Cc1ccccc1)CC(O)CN1CCCC[C@H]1C(=O)NC(C)(C)C)C(=O)NCc1nc2ccccc2[nH]1. The summed E-state index contributed by atoms with van der Waals surface area (Å²) in [7, 11) is 0. The van der Waals surface area contributed by atoms with Crippen LogP contribution in [0.5, 0.6) is 0 Å². The number of rotatable bonds is 14. The van der Waals surface area contributed by atoms with Crippen LogP contribution < -0.4 is 16.0 Å². The molecule has 10 heteroatoms. The molecule has 2 unspecified atom stereocenters. The van der Waals surface area contributed by atoms with Gasteiger partial charge in [0.1, 0.15) is 11.9 Å². The Morgan fingerprint density at radius 3 is 2.46 bits per heavy atom. The second kappa shape index (κ2) is 16.2. The minimum atomic E-state index is -0.827. The van der Waals surface area contributed by atoms with Crippen LogP contribution in [0.15, 0.2) is 54.6 Å². The summed E-state index contributed by atoms with van der Waals surface area (Å²) in [5.41, 5.74) is 2.35. The lowest BCUT2D eigenvalue weighted by Gasteiger charge is -2.37. The van der Waals surface area contributed by atoms with E-state index in [0.29, 0.717) is 25.2 Å². The summed E-state index contributed by atoms with van der Waals surface area (Å²) in [6.07, 6.45) is 3.16. The third kappa shape index (κ3) is 10.1. The van der Waals surface area contributed by atoms with E-state index in [9.17, 15) is 19.5 Å². The van der Waals surface area contributed by atoms with Gasteiger partial charge in [0.15, 0.2) is 0 Å². The van der Waals surface area contributed by atoms with Crippen molar-refractivity contribution in [3.8, 4) is 0 Å². The molecule has 0 radical (unpaired) electrons. The summed E-state index contributed by atoms with van der Waals surface area (Å²) in [5.74, 6) is -0.615. The molecule has 250 valence electrons. The number of aromatic nitrogens is 2. The highest BCUT2D eigenvalue weighted by molar-refractivity contribution is 5.89. The summed E-state index contributed by atoms with van der Waals surface area (Å²) in [5, 5.41) is 20.4. The second-order valence-electron chi connectivity index (χ2n) is 13.8. The smallest absolute Gasteiger partial charge is 0.243 e. The number of benzene rings is 2. The van der Waals surface area contributed by atoms with Crippen LogP contribution in [0.3, 0.4) is 0 Å². The average Bonchev–Trinajstić information content (AvgIpc) is 3.45. The van der Waals surface area contributed by atoms with Crippen molar-refractivity contribution >= 4 is 28.8 Å². The van der Waals surface area contributed by atoms with Crippen molar-refractivity contribution in [2.75, 3.05) is 13.1 Å². The van der Waals surface area contributed by atoms with Crippen molar-refractivity contribution in [1.82, 2.24) is 30.8 Å². The molecule has 2 aromatic carbocycles. The first-order chi connectivity index (χ1) is 21.9. The normalized spacial score (nSPS) is 18.3. The average molecular weight is 633 g/mol. The number of para-hydroxylation sites is 2. The van der Waals surface area contributed by atoms with Crippen LogP contribution in [-0.2, 0) is 27.3 Å². The Morgan fingerprint density at radius 1 is 1.04 bits per heavy atom. The molecule has 1 saturated heterocycles. The van der Waals surface area contributed by atoms with Crippen molar-refractivity contribution in [2.45, 2.75) is 103 Å². The lowest BCUT2D eigenvalue weighted by Crippen LogP contribution is -2.55. The van der Waals surface area contributed by atoms with Crippen LogP contribution in [0.1, 0.15) is 78.1 Å². The molecular formula is C36H52N6O4. The van der Waals surface area contributed by atoms with Crippen LogP contribution in [0.25, 0.3) is 11.0 Å². The predicted octanol–water partition coefficient (Wildman–Crippen LogP) is 4.09. The number of aliphatic hydroxyl groups excluding tert-OH is 1. The number of aromatic amines is 1. The number of likely N-dealkylation sites (tertiary alicyclic amines) is 1. The predicted molar refractivity (Wildman–Crippen MR) is 181 cm³/mol. The largest absolute Gasteiger partial charge is 0.392 e. The number of amides is 3. The number of piperidine rings is 1. The molecule has 1 aliphatic heterocycles. The second-order valence-corrected chi connectivity index (χ2v) is 13.8. The Balaban J connectivity index is 1.44. The number of carbonyl (C=O) groups excluding carboxylic acids is 3. The van der Waals surface area contributed by atoms with Gasteiger partial charge in [-0.05, 0) is 76.6 Å². The lowest BCUT2D eigenvalue weighted by atomic mass is 9.90. The minimum Gasteiger partial charge on any atom is -0.392 e. The van der Waals surface area contributed by atoms with Crippen molar-refractivity contribution < 1.29 is 19.5 Å². The quantitative estimate of drug-likeness (QED) is 0.182. The van der Waals surface area contributed by atoms with Crippen LogP contribution in [0, 0.1) is 11.8 Å². The van der Waals surface area contributed by atoms with Gasteiger partial charge in [0.2, 0.25) is 17.7 Å². The van der Waals surface area contributed by atoms with Crippen molar-refractivity contribution in [3.05, 3.63) is 66.0 Å². The van der Waals surface area contributed by atoms with Crippen molar-refractivity contribution in [3.63, 3.8) is 0 Å². The van der Waals surface area contributed by atoms with Gasteiger partial charge in [0.05, 0.1) is 29.7 Å². The number of hydrogen-bond acceptors (Lipinski definition) is 6. The van der Waals surface area contributed by atoms with E-state index in [1.807, 2.05) is 89.2 Å². The highest BCUT2D eigenvalue weighted by atomic mass is 16.3. The van der Waals surface area contributed by atoms with E-state index in [1.54, 1.807) is 0 Å². The molecule has 3 amide bonds. The molecule has 4 rings (SSSR count). The highest BCUT2D eigenvalue weighted by Gasteiger charge is 2.34. The van der Waals surface area contributed by atoms with Gasteiger partial charge in [0, 0.05) is 18.0 Å². The number of imidazole rings is 1. The molecule has 3 aromatic rings. The minimum absolute atomic E-state index is 0.0250. The molecule has 0 bridgehead atoms. The molecular weight excluding hydrogens is 580 g/mol. The summed E-state index contributed by atoms with van der Waals surface area (Å²) in [6.45, 7) is 11.1. The molecule has 5 N–H and O–H groups in total. The van der Waals surface area contributed by atoms with E-state index in [-0.39, 0.29) is 48.2 Å². The number of nitrogens with one attached hydrogen (secondary N) is 4. The van der Waals surface area contributed by atoms with Crippen LogP contribution in [0.2, 0.25) is 0 Å². The monoisotopic (exact) mass is 632 g/mol. The molecule has 46 heavy (non-hydrogen) atoms. The topological polar surface area (TPSA) is 139 Å². The zero-order valence-corrected chi connectivity index (χ0v) is 28.0. The van der Waals surface area contributed by atoms with Crippen LogP contribution in [0.4, 0.5) is 0 Å². The fourth-order valence-corrected chi connectivity index (χ4v) is 6.16. The van der Waals surface area contributed by atoms with E-state index in [0.717, 1.165) is 42.4 Å². The van der Waals surface area contributed by atoms with E-state index in [2.05, 4.69) is 30.8 Å². The van der Waals surface area contributed by atoms with E-state index in [1.165, 1.54) is 0 Å². The molecule has 1 aromatic heterocycles. The Hall–Kier alpha value is -3.76. The maximum absolute atomic E-state index is 13.9. The lowest BCUT2D eigenvalue weighted by molar-refractivity contribution is -0.133. The van der Waals surface area contributed by atoms with Gasteiger partial charge in [-0.2, -0.15) is 0 Å². The van der Waals surface area contributed by atoms with E-state index in [4.69, 9.17) is 0 Å². The number of hydrogen-bond donors (Lipinski definition) is 5. The highest BCUT2D eigenvalue weighted by Crippen LogP contribution is 2.22. The van der Waals surface area contributed by atoms with Gasteiger partial charge in [0.25, 0.3) is 0 Å². The van der Waals surface area contributed by atoms with Gasteiger partial charge in [-0.25, -0.2) is 4.98 Å². The maximum Gasteiger partial charge on any atom is 0.243 e. The fraction of sp³-hybridized carbons (Fsp3) is 0.556. The summed E-state index contributed by atoms with van der Waals surface area (Å²) in [4.78, 5) is 50.3. The molecule has 0 saturated carbocycles. The number of β-amino-alcohol motifs (C(OH)–C–C–N with tert-alkyl or cyclic N) is 1. The molecule has 2 heterocycles. The third-order valence-electron chi connectivity index (χ3n) is 8.77. The number of H-pyrrole nitrogens is 1. The number of carbonyl (C=O) groups is 3. The standard InChI is InChI=1S/C36H52N6O4/c1-6-24(2)32(35(46)37-22-31-38-28-16-10-11-17-29(28)39-31)40-33(44)26(20-25-14-8-7-9-15-25)21-27(43)23-42-19-13-12-18-30(42)34(45)41-36(3,4)5/h7-11,14-17,24,26-27,30,32,43H,6,12-13,18-23H2,1-5H3,(H,37,46)(H,38,39)(H,40,44)(H,41,45)/t24-,26?,27?,30-,32-/m0/s1. The number of aliphatic hydroxyl groups is 1. The fourth-order valence-electron chi connectivity index (χ4n) is 6.16. The maximum atomic E-state index is 13.9. The van der Waals surface area contributed by atoms with E-state index >= 15 is 0 Å². The van der Waals surface area contributed by atoms with Gasteiger partial charge in [-0.1, -0.05) is 69.2 Å². The molecule has 10 nitrogen and oxygen atoms in total. The third-order valence-corrected chi connectivity index (χ3v) is 8.77. The Labute approximate surface area is 273 Å². The van der Waals surface area contributed by atoms with Crippen molar-refractivity contribution in [2.24, 2.45) is 11.8 Å². The van der Waals surface area contributed by atoms with Gasteiger partial charge >= 0.3 is 0 Å². The summed E-state index contributed by atoms with van der Waals surface area (Å²) in [6, 6.07) is 16.4. The van der Waals surface area contributed by atoms with Crippen molar-refractivity contribution in [1.29, 1.82) is 0 Å². The van der Waals surface area contributed by atoms with Crippen LogP contribution >= 0.6 is 0 Å². The zero-order chi connectivity index (χ0) is 33.3. The molecule has 0 spiro atoms. The van der Waals surface area contributed by atoms with Gasteiger partial charge in [-0.3, -0.25) is 19.3 Å². The van der Waals surface area contributed by atoms with E-state index < -0.39 is 18.1 Å². The van der Waals surface area contributed by atoms with Crippen LogP contribution in [-0.4, -0.2) is 74.5 Å². The first kappa shape index (κ1) is 35.1. The summed E-state index contributed by atoms with van der Waals surface area (Å²) >= 11 is 0. The Kier molecular flexibility index (Phi) is 12.3. The molecule has 0 aliphatic carbocycles. The summed E-state index contributed by atoms with van der Waals surface area (Å²) < 4.78 is 0.